The second-order valence-electron chi connectivity index (χ2n) is 24.1. The summed E-state index contributed by atoms with van der Waals surface area (Å²) in [6.07, 6.45) is -3.20. The van der Waals surface area contributed by atoms with Gasteiger partial charge in [-0.3, -0.25) is 0 Å². The molecule has 0 bridgehead atoms. The Labute approximate surface area is 567 Å². The van der Waals surface area contributed by atoms with Crippen LogP contribution in [0.2, 0.25) is 0 Å². The summed E-state index contributed by atoms with van der Waals surface area (Å²) in [7, 11) is 1.64. The van der Waals surface area contributed by atoms with Crippen LogP contribution in [0, 0.1) is 0 Å². The normalized spacial score (nSPS) is 20.7. The highest BCUT2D eigenvalue weighted by molar-refractivity contribution is 5.67. The molecule has 0 N–H and O–H groups in total. The Morgan fingerprint density at radius 2 is 0.927 bits per heavy atom. The van der Waals surface area contributed by atoms with Gasteiger partial charge in [0.05, 0.1) is 59.5 Å². The van der Waals surface area contributed by atoms with E-state index in [0.29, 0.717) is 63.7 Å². The Morgan fingerprint density at radius 3 is 1.47 bits per heavy atom. The van der Waals surface area contributed by atoms with Gasteiger partial charge in [-0.15, -0.1) is 6.58 Å². The first kappa shape index (κ1) is 70.9. The van der Waals surface area contributed by atoms with Crippen LogP contribution in [0.3, 0.4) is 0 Å². The maximum Gasteiger partial charge on any atom is 0.410 e. The number of rotatable bonds is 40. The van der Waals surface area contributed by atoms with Crippen molar-refractivity contribution in [2.24, 2.45) is 0 Å². The SMILES string of the molecule is C=CCCCO[C@H]1O[C@@H]([C@@H](C)OCc2ccccc2)[C@H](OCc2ccccc2)[C@H]1OC(O[C@@H]1[C@H](OCc2ccccc2)[C@@H](OCc2ccccc2)[C@H](OCCCCCCN(Cc2ccccc2)C(=O)OCc2ccccc2)O[C@@H]1COCc1ccccc1)c1ccc(OC)cc1. The molecular formula is C81H93NO14. The van der Waals surface area contributed by atoms with Crippen molar-refractivity contribution >= 4 is 6.09 Å². The molecule has 2 aliphatic heterocycles. The van der Waals surface area contributed by atoms with Crippen LogP contribution in [0.15, 0.2) is 249 Å². The molecule has 10 rings (SSSR count). The third-order valence-corrected chi connectivity index (χ3v) is 16.9. The molecule has 1 unspecified atom stereocenters. The molecular weight excluding hydrogens is 1210 g/mol. The molecule has 8 aromatic rings. The Balaban J connectivity index is 0.955. The standard InChI is InChI=1S/C81H93NO14/c1-4-5-30-51-87-80-77(74(89-56-65-38-21-11-22-39-65)72(94-80)61(2)88-55-64-36-19-10-20-37-64)96-78(69-46-48-70(84-3)49-47-69)95-73-71(60-85-54-63-34-17-9-18-35-63)93-79(76(91-58-67-42-25-13-26-43-67)75(73)90-57-66-40-23-12-24-41-66)86-52-31-7-6-29-50-82(53-62-32-15-8-16-33-62)81(83)92-59-68-44-27-14-28-45-68/h4,8-28,32-49,61,71-80H,1,5-7,29-31,50-60H2,2-3H3/t61-,71-,72+,73+,74+,75+,76-,77-,78?,79-,80+/m1/s1. The third-order valence-electron chi connectivity index (χ3n) is 16.9. The zero-order valence-electron chi connectivity index (χ0n) is 55.3. The molecule has 1 amide bonds. The van der Waals surface area contributed by atoms with Crippen molar-refractivity contribution in [3.63, 3.8) is 0 Å². The lowest BCUT2D eigenvalue weighted by Gasteiger charge is -2.47. The Morgan fingerprint density at radius 1 is 0.469 bits per heavy atom. The van der Waals surface area contributed by atoms with Crippen LogP contribution in [-0.4, -0.2) is 106 Å². The van der Waals surface area contributed by atoms with Gasteiger partial charge in [-0.05, 0) is 83.7 Å². The van der Waals surface area contributed by atoms with Crippen molar-refractivity contribution in [3.05, 3.63) is 294 Å². The van der Waals surface area contributed by atoms with Crippen molar-refractivity contribution in [2.45, 2.75) is 159 Å². The minimum Gasteiger partial charge on any atom is -0.497 e. The molecule has 11 atom stereocenters. The van der Waals surface area contributed by atoms with E-state index >= 15 is 0 Å². The number of methoxy groups -OCH3 is 1. The lowest BCUT2D eigenvalue weighted by Crippen LogP contribution is -2.62. The largest absolute Gasteiger partial charge is 0.497 e. The van der Waals surface area contributed by atoms with Gasteiger partial charge in [-0.25, -0.2) is 4.79 Å². The van der Waals surface area contributed by atoms with E-state index in [9.17, 15) is 4.79 Å². The van der Waals surface area contributed by atoms with E-state index in [-0.39, 0.29) is 39.1 Å². The molecule has 0 radical (unpaired) electrons. The van der Waals surface area contributed by atoms with Crippen molar-refractivity contribution in [1.82, 2.24) is 4.90 Å². The summed E-state index contributed by atoms with van der Waals surface area (Å²) in [5.74, 6) is 0.648. The molecule has 506 valence electrons. The second-order valence-corrected chi connectivity index (χ2v) is 24.1. The van der Waals surface area contributed by atoms with Crippen molar-refractivity contribution in [1.29, 1.82) is 0 Å². The number of carbonyl (C=O) groups excluding carboxylic acids is 1. The van der Waals surface area contributed by atoms with Crippen molar-refractivity contribution in [2.75, 3.05) is 33.5 Å². The number of nitrogens with zero attached hydrogens (tertiary/aromatic N) is 1. The minimum atomic E-state index is -1.15. The van der Waals surface area contributed by atoms with Crippen LogP contribution in [0.25, 0.3) is 0 Å². The van der Waals surface area contributed by atoms with Crippen LogP contribution < -0.4 is 4.74 Å². The monoisotopic (exact) mass is 1300 g/mol. The van der Waals surface area contributed by atoms with Gasteiger partial charge in [0.25, 0.3) is 0 Å². The molecule has 2 fully saturated rings. The zero-order valence-corrected chi connectivity index (χ0v) is 55.3. The first-order valence-corrected chi connectivity index (χ1v) is 33.7. The Bertz CT molecular complexity index is 3400. The van der Waals surface area contributed by atoms with E-state index in [2.05, 4.69) is 6.58 Å². The van der Waals surface area contributed by atoms with Gasteiger partial charge in [0.1, 0.15) is 55.1 Å². The molecule has 0 spiro atoms. The van der Waals surface area contributed by atoms with E-state index in [1.54, 1.807) is 12.0 Å². The fraction of sp³-hybridized carbons (Fsp3) is 0.370. The number of unbranched alkanes of at least 4 members (excludes halogenated alkanes) is 4. The molecule has 2 aliphatic rings. The number of benzene rings is 8. The summed E-state index contributed by atoms with van der Waals surface area (Å²) in [5, 5.41) is 0. The molecule has 2 saturated heterocycles. The van der Waals surface area contributed by atoms with E-state index in [1.807, 2.05) is 250 Å². The first-order chi connectivity index (χ1) is 47.4. The number of allylic oxidation sites excluding steroid dienone is 1. The van der Waals surface area contributed by atoms with Gasteiger partial charge in [0, 0.05) is 25.3 Å². The average molecular weight is 1300 g/mol. The number of amides is 1. The maximum absolute atomic E-state index is 13.6. The van der Waals surface area contributed by atoms with Crippen molar-refractivity contribution in [3.8, 4) is 5.75 Å². The van der Waals surface area contributed by atoms with Crippen LogP contribution in [-0.2, 0) is 103 Å². The summed E-state index contributed by atoms with van der Waals surface area (Å²) < 4.78 is 89.5. The van der Waals surface area contributed by atoms with Crippen LogP contribution in [0.5, 0.6) is 5.75 Å². The van der Waals surface area contributed by atoms with Crippen LogP contribution >= 0.6 is 0 Å². The summed E-state index contributed by atoms with van der Waals surface area (Å²) in [4.78, 5) is 15.4. The summed E-state index contributed by atoms with van der Waals surface area (Å²) in [6, 6.07) is 77.6. The first-order valence-electron chi connectivity index (χ1n) is 33.7. The molecule has 15 nitrogen and oxygen atoms in total. The van der Waals surface area contributed by atoms with E-state index < -0.39 is 67.7 Å². The Kier molecular flexibility index (Phi) is 29.1. The quantitative estimate of drug-likeness (QED) is 0.0204. The van der Waals surface area contributed by atoms with Gasteiger partial charge < -0.3 is 66.5 Å². The average Bonchev–Trinajstić information content (AvgIpc) is 1.35. The molecule has 0 aromatic heterocycles. The summed E-state index contributed by atoms with van der Waals surface area (Å²) >= 11 is 0. The predicted octanol–water partition coefficient (Wildman–Crippen LogP) is 15.9. The molecule has 15 heteroatoms. The van der Waals surface area contributed by atoms with Gasteiger partial charge >= 0.3 is 6.09 Å². The summed E-state index contributed by atoms with van der Waals surface area (Å²) in [6.45, 7) is 9.21. The number of hydrogen-bond acceptors (Lipinski definition) is 14. The van der Waals surface area contributed by atoms with Crippen LogP contribution in [0.4, 0.5) is 4.79 Å². The highest BCUT2D eigenvalue weighted by Gasteiger charge is 2.54. The minimum absolute atomic E-state index is 0.0708. The van der Waals surface area contributed by atoms with Gasteiger partial charge in [-0.2, -0.15) is 0 Å². The van der Waals surface area contributed by atoms with Gasteiger partial charge in [0.2, 0.25) is 0 Å². The third kappa shape index (κ3) is 22.3. The lowest BCUT2D eigenvalue weighted by atomic mass is 9.97. The fourth-order valence-electron chi connectivity index (χ4n) is 11.7. The molecule has 2 heterocycles. The van der Waals surface area contributed by atoms with E-state index in [0.717, 1.165) is 64.6 Å². The highest BCUT2D eigenvalue weighted by Crippen LogP contribution is 2.40. The van der Waals surface area contributed by atoms with E-state index in [1.165, 1.54) is 0 Å². The number of hydrogen-bond donors (Lipinski definition) is 0. The zero-order chi connectivity index (χ0) is 66.2. The van der Waals surface area contributed by atoms with Crippen molar-refractivity contribution < 1.29 is 66.4 Å². The molecule has 0 saturated carbocycles. The smallest absolute Gasteiger partial charge is 0.410 e. The predicted molar refractivity (Wildman–Crippen MR) is 368 cm³/mol. The highest BCUT2D eigenvalue weighted by atomic mass is 16.8. The molecule has 96 heavy (non-hydrogen) atoms. The fourth-order valence-corrected chi connectivity index (χ4v) is 11.7. The number of ether oxygens (including phenoxy) is 13. The Hall–Kier alpha value is -7.87. The maximum atomic E-state index is 13.6. The number of carbonyl (C=O) groups is 1. The molecule has 8 aromatic carbocycles. The van der Waals surface area contributed by atoms with Crippen LogP contribution in [0.1, 0.15) is 96.2 Å². The second kappa shape index (κ2) is 39.4. The van der Waals surface area contributed by atoms with Gasteiger partial charge in [0.15, 0.2) is 18.9 Å². The van der Waals surface area contributed by atoms with E-state index in [4.69, 9.17) is 61.6 Å². The van der Waals surface area contributed by atoms with Gasteiger partial charge in [-0.1, -0.05) is 243 Å². The topological polar surface area (TPSA) is 140 Å². The molecule has 0 aliphatic carbocycles. The summed E-state index contributed by atoms with van der Waals surface area (Å²) in [5.41, 5.74) is 7.51. The lowest BCUT2D eigenvalue weighted by molar-refractivity contribution is -0.351.